The summed E-state index contributed by atoms with van der Waals surface area (Å²) in [4.78, 5) is 3.52. The van der Waals surface area contributed by atoms with E-state index in [0.29, 0.717) is 6.04 Å². The van der Waals surface area contributed by atoms with E-state index >= 15 is 0 Å². The highest BCUT2D eigenvalue weighted by atomic mass is 32.1. The Hall–Kier alpha value is -2.46. The van der Waals surface area contributed by atoms with Crippen LogP contribution in [0.3, 0.4) is 0 Å². The summed E-state index contributed by atoms with van der Waals surface area (Å²) in [6, 6.07) is 13.0. The maximum absolute atomic E-state index is 8.79. The van der Waals surface area contributed by atoms with Crippen LogP contribution in [0.4, 0.5) is 0 Å². The molecule has 6 heteroatoms. The van der Waals surface area contributed by atoms with Crippen molar-refractivity contribution in [3.63, 3.8) is 0 Å². The summed E-state index contributed by atoms with van der Waals surface area (Å²) in [5.41, 5.74) is 3.14. The van der Waals surface area contributed by atoms with E-state index in [2.05, 4.69) is 57.4 Å². The molecule has 0 saturated carbocycles. The average Bonchev–Trinajstić information content (AvgIpc) is 3.40. The van der Waals surface area contributed by atoms with Crippen molar-refractivity contribution in [2.45, 2.75) is 19.0 Å². The van der Waals surface area contributed by atoms with E-state index in [-0.39, 0.29) is 6.61 Å². The van der Waals surface area contributed by atoms with Crippen molar-refractivity contribution < 1.29 is 5.11 Å². The van der Waals surface area contributed by atoms with E-state index in [1.54, 1.807) is 11.3 Å². The van der Waals surface area contributed by atoms with Gasteiger partial charge in [0.2, 0.25) is 0 Å². The molecule has 0 bridgehead atoms. The zero-order chi connectivity index (χ0) is 17.8. The highest BCUT2D eigenvalue weighted by molar-refractivity contribution is 7.13. The second-order valence-electron chi connectivity index (χ2n) is 6.41. The maximum Gasteiger partial charge on any atom is 0.123 e. The molecule has 1 saturated heterocycles. The van der Waals surface area contributed by atoms with Crippen molar-refractivity contribution >= 4 is 11.3 Å². The molecular formula is C20H20N4OS. The zero-order valence-electron chi connectivity index (χ0n) is 14.4. The Morgan fingerprint density at radius 3 is 3.00 bits per heavy atom. The highest BCUT2D eigenvalue weighted by Crippen LogP contribution is 2.28. The Labute approximate surface area is 156 Å². The Kier molecular flexibility index (Phi) is 5.12. The summed E-state index contributed by atoms with van der Waals surface area (Å²) in [6.07, 6.45) is 3.12. The third kappa shape index (κ3) is 3.86. The quantitative estimate of drug-likeness (QED) is 0.724. The molecule has 0 unspecified atom stereocenters. The van der Waals surface area contributed by atoms with Crippen molar-refractivity contribution in [1.82, 2.24) is 19.9 Å². The van der Waals surface area contributed by atoms with E-state index in [1.807, 2.05) is 22.3 Å². The number of thiophene rings is 1. The van der Waals surface area contributed by atoms with Crippen LogP contribution in [0.15, 0.2) is 48.0 Å². The topological polar surface area (TPSA) is 54.2 Å². The van der Waals surface area contributed by atoms with Gasteiger partial charge in [-0.05, 0) is 18.1 Å². The molecular weight excluding hydrogens is 344 g/mol. The number of aromatic nitrogens is 3. The van der Waals surface area contributed by atoms with Crippen molar-refractivity contribution in [3.05, 3.63) is 59.1 Å². The average molecular weight is 364 g/mol. The predicted molar refractivity (Wildman–Crippen MR) is 103 cm³/mol. The van der Waals surface area contributed by atoms with E-state index in [0.717, 1.165) is 42.2 Å². The molecule has 1 atom stereocenters. The molecule has 1 N–H and O–H groups in total. The SMILES string of the molecule is OCC#Cc1csc(-c2cn([C@H]3CCN(Cc4ccccc4)C3)nn2)c1. The van der Waals surface area contributed by atoms with E-state index in [4.69, 9.17) is 5.11 Å². The summed E-state index contributed by atoms with van der Waals surface area (Å²) in [7, 11) is 0. The first-order valence-corrected chi connectivity index (χ1v) is 9.56. The number of benzene rings is 1. The molecule has 3 heterocycles. The zero-order valence-corrected chi connectivity index (χ0v) is 15.2. The summed E-state index contributed by atoms with van der Waals surface area (Å²) in [5.74, 6) is 5.59. The lowest BCUT2D eigenvalue weighted by molar-refractivity contribution is 0.310. The first-order chi connectivity index (χ1) is 12.8. The van der Waals surface area contributed by atoms with Crippen LogP contribution in [0.2, 0.25) is 0 Å². The second-order valence-corrected chi connectivity index (χ2v) is 7.32. The predicted octanol–water partition coefficient (Wildman–Crippen LogP) is 2.80. The minimum Gasteiger partial charge on any atom is -0.384 e. The number of likely N-dealkylation sites (tertiary alicyclic amines) is 1. The fourth-order valence-electron chi connectivity index (χ4n) is 3.26. The summed E-state index contributed by atoms with van der Waals surface area (Å²) in [5, 5.41) is 19.5. The number of rotatable bonds is 4. The molecule has 0 amide bonds. The van der Waals surface area contributed by atoms with E-state index in [9.17, 15) is 0 Å². The first-order valence-electron chi connectivity index (χ1n) is 8.68. The molecule has 4 rings (SSSR count). The summed E-state index contributed by atoms with van der Waals surface area (Å²) >= 11 is 1.60. The molecule has 1 aromatic carbocycles. The van der Waals surface area contributed by atoms with Gasteiger partial charge in [-0.2, -0.15) is 0 Å². The van der Waals surface area contributed by atoms with Crippen LogP contribution in [0.1, 0.15) is 23.6 Å². The lowest BCUT2D eigenvalue weighted by atomic mass is 10.2. The van der Waals surface area contributed by atoms with Gasteiger partial charge in [0.25, 0.3) is 0 Å². The van der Waals surface area contributed by atoms with Crippen LogP contribution in [-0.4, -0.2) is 44.7 Å². The molecule has 2 aromatic heterocycles. The van der Waals surface area contributed by atoms with Crippen LogP contribution in [0.5, 0.6) is 0 Å². The van der Waals surface area contributed by atoms with Crippen molar-refractivity contribution in [3.8, 4) is 22.4 Å². The van der Waals surface area contributed by atoms with Crippen LogP contribution >= 0.6 is 11.3 Å². The molecule has 1 fully saturated rings. The fraction of sp³-hybridized carbons (Fsp3) is 0.300. The minimum atomic E-state index is -0.122. The van der Waals surface area contributed by atoms with E-state index in [1.165, 1.54) is 5.56 Å². The molecule has 0 radical (unpaired) electrons. The lowest BCUT2D eigenvalue weighted by Gasteiger charge is -2.15. The van der Waals surface area contributed by atoms with Gasteiger partial charge in [-0.25, -0.2) is 4.68 Å². The van der Waals surface area contributed by atoms with Gasteiger partial charge in [0.1, 0.15) is 12.3 Å². The molecule has 26 heavy (non-hydrogen) atoms. The Balaban J connectivity index is 1.41. The third-order valence-corrected chi connectivity index (χ3v) is 5.50. The smallest absolute Gasteiger partial charge is 0.123 e. The lowest BCUT2D eigenvalue weighted by Crippen LogP contribution is -2.21. The monoisotopic (exact) mass is 364 g/mol. The maximum atomic E-state index is 8.79. The summed E-state index contributed by atoms with van der Waals surface area (Å²) < 4.78 is 2.00. The number of aliphatic hydroxyl groups excluding tert-OH is 1. The third-order valence-electron chi connectivity index (χ3n) is 4.54. The van der Waals surface area contributed by atoms with E-state index < -0.39 is 0 Å². The van der Waals surface area contributed by atoms with Crippen molar-refractivity contribution in [2.75, 3.05) is 19.7 Å². The molecule has 3 aromatic rings. The normalized spacial score (nSPS) is 17.2. The van der Waals surface area contributed by atoms with Crippen LogP contribution < -0.4 is 0 Å². The van der Waals surface area contributed by atoms with Crippen LogP contribution in [0, 0.1) is 11.8 Å². The van der Waals surface area contributed by atoms with Gasteiger partial charge in [-0.15, -0.1) is 16.4 Å². The Morgan fingerprint density at radius 2 is 2.15 bits per heavy atom. The molecule has 1 aliphatic rings. The molecule has 0 aliphatic carbocycles. The second kappa shape index (κ2) is 7.83. The highest BCUT2D eigenvalue weighted by Gasteiger charge is 2.25. The van der Waals surface area contributed by atoms with Crippen LogP contribution in [-0.2, 0) is 6.54 Å². The van der Waals surface area contributed by atoms with Gasteiger partial charge in [-0.3, -0.25) is 4.90 Å². The molecule has 1 aliphatic heterocycles. The fourth-order valence-corrected chi connectivity index (χ4v) is 4.05. The number of hydrogen-bond acceptors (Lipinski definition) is 5. The van der Waals surface area contributed by atoms with Gasteiger partial charge in [-0.1, -0.05) is 47.4 Å². The number of aliphatic hydroxyl groups is 1. The van der Waals surface area contributed by atoms with Gasteiger partial charge >= 0.3 is 0 Å². The van der Waals surface area contributed by atoms with Crippen molar-refractivity contribution in [1.29, 1.82) is 0 Å². The van der Waals surface area contributed by atoms with Gasteiger partial charge in [0.15, 0.2) is 0 Å². The Bertz CT molecular complexity index is 922. The Morgan fingerprint density at radius 1 is 1.27 bits per heavy atom. The van der Waals surface area contributed by atoms with Gasteiger partial charge in [0.05, 0.1) is 17.1 Å². The molecule has 0 spiro atoms. The summed E-state index contributed by atoms with van der Waals surface area (Å²) in [6.45, 7) is 2.93. The molecule has 132 valence electrons. The van der Waals surface area contributed by atoms with Gasteiger partial charge in [0, 0.05) is 30.6 Å². The standard InChI is InChI=1S/C20H20N4OS/c25-10-4-7-17-11-20(26-15-17)19-14-24(22-21-19)18-8-9-23(13-18)12-16-5-2-1-3-6-16/h1-3,5-6,11,14-15,18,25H,8-10,12-13H2/t18-/m0/s1. The minimum absolute atomic E-state index is 0.122. The first kappa shape index (κ1) is 17.0. The van der Waals surface area contributed by atoms with Crippen molar-refractivity contribution in [2.24, 2.45) is 0 Å². The number of nitrogens with zero attached hydrogens (tertiary/aromatic N) is 4. The van der Waals surface area contributed by atoms with Gasteiger partial charge < -0.3 is 5.11 Å². The number of hydrogen-bond donors (Lipinski definition) is 1. The largest absolute Gasteiger partial charge is 0.384 e. The van der Waals surface area contributed by atoms with Crippen LogP contribution in [0.25, 0.3) is 10.6 Å². The molecule has 5 nitrogen and oxygen atoms in total.